The summed E-state index contributed by atoms with van der Waals surface area (Å²) in [6.45, 7) is 1.56. The van der Waals surface area contributed by atoms with Crippen molar-refractivity contribution in [2.75, 3.05) is 13.1 Å². The number of nitrogens with two attached hydrogens (primary N) is 1. The zero-order chi connectivity index (χ0) is 34.3. The molecule has 1 fully saturated rings. The minimum absolute atomic E-state index is 0.0171. The molecule has 16 heteroatoms. The van der Waals surface area contributed by atoms with Crippen LogP contribution in [-0.2, 0) is 28.4 Å². The third-order valence-corrected chi connectivity index (χ3v) is 9.57. The number of hydrogen-bond donors (Lipinski definition) is 1. The molecule has 0 aliphatic carbocycles. The van der Waals surface area contributed by atoms with Gasteiger partial charge in [-0.2, -0.15) is 26.3 Å². The van der Waals surface area contributed by atoms with E-state index in [1.54, 1.807) is 19.1 Å². The summed E-state index contributed by atoms with van der Waals surface area (Å²) in [6, 6.07) is 4.60. The number of fused-ring (bicyclic) bond motifs is 1. The molecule has 2 aliphatic rings. The molecule has 0 radical (unpaired) electrons. The van der Waals surface area contributed by atoms with Gasteiger partial charge in [0, 0.05) is 42.2 Å². The summed E-state index contributed by atoms with van der Waals surface area (Å²) < 4.78 is 88.9. The van der Waals surface area contributed by atoms with Crippen LogP contribution in [0.15, 0.2) is 48.0 Å². The number of benzene rings is 1. The molecule has 5 rings (SSSR count). The third-order valence-electron chi connectivity index (χ3n) is 8.38. The lowest BCUT2D eigenvalue weighted by Crippen LogP contribution is -2.69. The molecule has 3 amide bonds. The number of likely N-dealkylation sites (tertiary alicyclic amines) is 1. The first-order chi connectivity index (χ1) is 22.1. The number of carbonyl (C=O) groups excluding carboxylic acids is 3. The van der Waals surface area contributed by atoms with Crippen molar-refractivity contribution in [3.63, 3.8) is 0 Å². The molecule has 1 unspecified atom stereocenters. The maximum absolute atomic E-state index is 14.9. The SMILES string of the molecule is CCC[C@H]1N(C(=O)c2ncccc2C(F)(F)F)CCC[C@@]1(Oc1csc(C(F)(F)F)c1)C(=O)N1CCc2cc(Cl)ccc2C1C(N)=O. The second-order valence-corrected chi connectivity index (χ2v) is 12.7. The normalized spacial score (nSPS) is 21.7. The van der Waals surface area contributed by atoms with E-state index in [1.807, 2.05) is 0 Å². The highest BCUT2D eigenvalue weighted by molar-refractivity contribution is 7.10. The second-order valence-electron chi connectivity index (χ2n) is 11.3. The smallest absolute Gasteiger partial charge is 0.425 e. The monoisotopic (exact) mass is 702 g/mol. The Morgan fingerprint density at radius 1 is 1.09 bits per heavy atom. The molecule has 1 saturated heterocycles. The highest BCUT2D eigenvalue weighted by atomic mass is 35.5. The Hall–Kier alpha value is -3.85. The fourth-order valence-electron chi connectivity index (χ4n) is 6.44. The molecular formula is C31H29ClF6N4O4S. The topological polar surface area (TPSA) is 106 Å². The van der Waals surface area contributed by atoms with Gasteiger partial charge < -0.3 is 20.3 Å². The summed E-state index contributed by atoms with van der Waals surface area (Å²) in [5, 5.41) is 1.46. The van der Waals surface area contributed by atoms with Gasteiger partial charge in [-0.15, -0.1) is 11.3 Å². The number of alkyl halides is 6. The maximum Gasteiger partial charge on any atom is 0.425 e. The van der Waals surface area contributed by atoms with Crippen LogP contribution >= 0.6 is 22.9 Å². The van der Waals surface area contributed by atoms with Gasteiger partial charge in [0.25, 0.3) is 11.8 Å². The van der Waals surface area contributed by atoms with Crippen molar-refractivity contribution in [2.45, 2.75) is 69.1 Å². The van der Waals surface area contributed by atoms with Gasteiger partial charge in [-0.1, -0.05) is 31.0 Å². The number of pyridine rings is 1. The van der Waals surface area contributed by atoms with Crippen LogP contribution in [0.5, 0.6) is 5.75 Å². The van der Waals surface area contributed by atoms with E-state index in [1.165, 1.54) is 11.0 Å². The number of carbonyl (C=O) groups is 3. The van der Waals surface area contributed by atoms with Gasteiger partial charge >= 0.3 is 12.4 Å². The highest BCUT2D eigenvalue weighted by Crippen LogP contribution is 2.44. The highest BCUT2D eigenvalue weighted by Gasteiger charge is 2.57. The number of aromatic nitrogens is 1. The zero-order valence-corrected chi connectivity index (χ0v) is 26.4. The largest absolute Gasteiger partial charge is 0.474 e. The minimum atomic E-state index is -4.93. The van der Waals surface area contributed by atoms with E-state index in [-0.39, 0.29) is 44.5 Å². The van der Waals surface area contributed by atoms with Crippen molar-refractivity contribution >= 4 is 40.7 Å². The Kier molecular flexibility index (Phi) is 9.52. The summed E-state index contributed by atoms with van der Waals surface area (Å²) in [6.07, 6.45) is -8.14. The molecule has 47 heavy (non-hydrogen) atoms. The van der Waals surface area contributed by atoms with Crippen LogP contribution in [0, 0.1) is 0 Å². The van der Waals surface area contributed by atoms with Crippen LogP contribution in [0.1, 0.15) is 70.7 Å². The number of piperidine rings is 1. The molecule has 1 aromatic carbocycles. The molecule has 4 heterocycles. The van der Waals surface area contributed by atoms with E-state index in [2.05, 4.69) is 4.98 Å². The van der Waals surface area contributed by atoms with Crippen LogP contribution in [0.3, 0.4) is 0 Å². The Balaban J connectivity index is 1.65. The number of halogens is 7. The van der Waals surface area contributed by atoms with E-state index in [0.717, 1.165) is 28.6 Å². The van der Waals surface area contributed by atoms with Gasteiger partial charge in [-0.3, -0.25) is 19.4 Å². The van der Waals surface area contributed by atoms with Gasteiger partial charge in [0.1, 0.15) is 22.4 Å². The lowest BCUT2D eigenvalue weighted by Gasteiger charge is -2.51. The fraction of sp³-hybridized carbons (Fsp3) is 0.419. The van der Waals surface area contributed by atoms with Gasteiger partial charge in [0.05, 0.1) is 11.6 Å². The van der Waals surface area contributed by atoms with Crippen LogP contribution in [0.2, 0.25) is 5.02 Å². The molecule has 0 saturated carbocycles. The van der Waals surface area contributed by atoms with Crippen molar-refractivity contribution in [3.8, 4) is 5.75 Å². The Morgan fingerprint density at radius 2 is 1.83 bits per heavy atom. The van der Waals surface area contributed by atoms with Crippen molar-refractivity contribution < 1.29 is 45.5 Å². The number of rotatable bonds is 7. The molecule has 2 aromatic heterocycles. The van der Waals surface area contributed by atoms with Crippen molar-refractivity contribution in [1.82, 2.24) is 14.8 Å². The predicted molar refractivity (Wildman–Crippen MR) is 160 cm³/mol. The van der Waals surface area contributed by atoms with Gasteiger partial charge in [0.15, 0.2) is 0 Å². The lowest BCUT2D eigenvalue weighted by molar-refractivity contribution is -0.164. The van der Waals surface area contributed by atoms with Crippen LogP contribution in [0.25, 0.3) is 0 Å². The van der Waals surface area contributed by atoms with Crippen LogP contribution < -0.4 is 10.5 Å². The Labute approximate surface area is 274 Å². The molecule has 0 bridgehead atoms. The molecule has 252 valence electrons. The van der Waals surface area contributed by atoms with E-state index in [0.29, 0.717) is 40.0 Å². The molecule has 3 atom stereocenters. The lowest BCUT2D eigenvalue weighted by atomic mass is 9.78. The molecule has 3 aromatic rings. The summed E-state index contributed by atoms with van der Waals surface area (Å²) in [5.41, 5.74) is 2.59. The number of thiophene rings is 1. The molecular weight excluding hydrogens is 674 g/mol. The second kappa shape index (κ2) is 13.0. The fourth-order valence-corrected chi connectivity index (χ4v) is 7.31. The number of nitrogens with zero attached hydrogens (tertiary/aromatic N) is 3. The number of primary amides is 1. The molecule has 0 spiro atoms. The molecule has 8 nitrogen and oxygen atoms in total. The Morgan fingerprint density at radius 3 is 2.47 bits per heavy atom. The zero-order valence-electron chi connectivity index (χ0n) is 24.8. The summed E-state index contributed by atoms with van der Waals surface area (Å²) in [4.78, 5) is 46.8. The van der Waals surface area contributed by atoms with Crippen molar-refractivity contribution in [1.29, 1.82) is 0 Å². The molecule has 2 aliphatic heterocycles. The maximum atomic E-state index is 14.9. The standard InChI is InChI=1S/C31H29ClF6N4O4S/c1-2-5-22-29(46-19-15-23(47-16-19)31(36,37)38,10-4-12-41(22)27(44)24-21(30(33,34)35)6-3-11-40-24)28(45)42-13-9-17-14-18(32)7-8-20(17)25(42)26(39)43/h3,6-8,11,14-16,22,25H,2,4-5,9-10,12-13H2,1H3,(H2,39,43)/t22-,25?,29+/m1/s1. The Bertz CT molecular complexity index is 1680. The van der Waals surface area contributed by atoms with Gasteiger partial charge in [-0.25, -0.2) is 0 Å². The first-order valence-corrected chi connectivity index (χ1v) is 15.9. The van der Waals surface area contributed by atoms with E-state index < -0.39 is 63.9 Å². The van der Waals surface area contributed by atoms with Crippen molar-refractivity contribution in [3.05, 3.63) is 80.3 Å². The minimum Gasteiger partial charge on any atom is -0.474 e. The van der Waals surface area contributed by atoms with E-state index in [9.17, 15) is 40.7 Å². The summed E-state index contributed by atoms with van der Waals surface area (Å²) in [5.74, 6) is -3.18. The van der Waals surface area contributed by atoms with Gasteiger partial charge in [-0.05, 0) is 54.7 Å². The number of ether oxygens (including phenoxy) is 1. The average Bonchev–Trinajstić information content (AvgIpc) is 3.49. The first kappa shape index (κ1) is 34.5. The van der Waals surface area contributed by atoms with Crippen molar-refractivity contribution in [2.24, 2.45) is 5.73 Å². The van der Waals surface area contributed by atoms with E-state index >= 15 is 0 Å². The first-order valence-electron chi connectivity index (χ1n) is 14.6. The quantitative estimate of drug-likeness (QED) is 0.277. The molecule has 2 N–H and O–H groups in total. The van der Waals surface area contributed by atoms with Crippen LogP contribution in [-0.4, -0.2) is 57.2 Å². The third kappa shape index (κ3) is 6.64. The van der Waals surface area contributed by atoms with E-state index in [4.69, 9.17) is 22.1 Å². The van der Waals surface area contributed by atoms with Gasteiger partial charge in [0.2, 0.25) is 11.5 Å². The summed E-state index contributed by atoms with van der Waals surface area (Å²) in [7, 11) is 0. The predicted octanol–water partition coefficient (Wildman–Crippen LogP) is 6.67. The number of hydrogen-bond acceptors (Lipinski definition) is 6. The van der Waals surface area contributed by atoms with Crippen LogP contribution in [0.4, 0.5) is 26.3 Å². The summed E-state index contributed by atoms with van der Waals surface area (Å²) >= 11 is 6.49. The average molecular weight is 703 g/mol. The number of amides is 3.